The maximum atomic E-state index is 12.0. The van der Waals surface area contributed by atoms with Gasteiger partial charge in [-0.15, -0.1) is 0 Å². The van der Waals surface area contributed by atoms with Crippen LogP contribution in [0.3, 0.4) is 0 Å². The number of aromatic hydroxyl groups is 1. The quantitative estimate of drug-likeness (QED) is 0.574. The second-order valence-electron chi connectivity index (χ2n) is 4.08. The molecule has 7 heteroatoms. The summed E-state index contributed by atoms with van der Waals surface area (Å²) in [5.74, 6) is -0.435. The lowest BCUT2D eigenvalue weighted by Crippen LogP contribution is -2.34. The van der Waals surface area contributed by atoms with Crippen molar-refractivity contribution in [3.63, 3.8) is 0 Å². The topological polar surface area (TPSA) is 61.4 Å². The van der Waals surface area contributed by atoms with Crippen LogP contribution in [0.15, 0.2) is 42.5 Å². The number of nitrogens with one attached hydrogen (secondary N) is 2. The molecule has 0 spiro atoms. The molecular formula is C14H10Cl2N2O2S. The van der Waals surface area contributed by atoms with Crippen molar-refractivity contribution in [3.8, 4) is 5.75 Å². The van der Waals surface area contributed by atoms with Gasteiger partial charge < -0.3 is 10.4 Å². The van der Waals surface area contributed by atoms with E-state index < -0.39 is 5.91 Å². The Kier molecular flexibility index (Phi) is 5.01. The van der Waals surface area contributed by atoms with Gasteiger partial charge in [0.2, 0.25) is 0 Å². The van der Waals surface area contributed by atoms with Crippen molar-refractivity contribution in [2.75, 3.05) is 5.32 Å². The fourth-order valence-corrected chi connectivity index (χ4v) is 2.13. The van der Waals surface area contributed by atoms with Gasteiger partial charge in [0.05, 0.1) is 5.69 Å². The third kappa shape index (κ3) is 4.32. The molecule has 0 atom stereocenters. The lowest BCUT2D eigenvalue weighted by molar-refractivity contribution is 0.0977. The number of phenolic OH excluding ortho intramolecular Hbond substituents is 1. The van der Waals surface area contributed by atoms with Crippen LogP contribution in [-0.2, 0) is 0 Å². The molecule has 0 saturated carbocycles. The van der Waals surface area contributed by atoms with Crippen LogP contribution >= 0.6 is 35.4 Å². The van der Waals surface area contributed by atoms with Gasteiger partial charge in [-0.05, 0) is 48.6 Å². The molecule has 0 saturated heterocycles. The Balaban J connectivity index is 2.05. The summed E-state index contributed by atoms with van der Waals surface area (Å²) in [6.07, 6.45) is 0. The molecule has 21 heavy (non-hydrogen) atoms. The standard InChI is InChI=1S/C14H10Cl2N2O2S/c15-9-3-1-2-8(6-9)13(20)18-14(21)17-11-7-10(16)4-5-12(11)19/h1-7,19H,(H2,17,18,20,21). The van der Waals surface area contributed by atoms with Crippen LogP contribution in [0.1, 0.15) is 10.4 Å². The van der Waals surface area contributed by atoms with Crippen LogP contribution in [0.25, 0.3) is 0 Å². The first-order valence-corrected chi connectivity index (χ1v) is 6.98. The SMILES string of the molecule is O=C(NC(=S)Nc1cc(Cl)ccc1O)c1cccc(Cl)c1. The molecule has 0 aliphatic heterocycles. The van der Waals surface area contributed by atoms with Crippen LogP contribution in [0, 0.1) is 0 Å². The Bertz CT molecular complexity index is 707. The number of rotatable bonds is 2. The van der Waals surface area contributed by atoms with Crippen molar-refractivity contribution in [1.29, 1.82) is 0 Å². The van der Waals surface area contributed by atoms with E-state index in [1.54, 1.807) is 18.2 Å². The van der Waals surface area contributed by atoms with E-state index in [1.165, 1.54) is 24.3 Å². The number of halogens is 2. The number of hydrogen-bond donors (Lipinski definition) is 3. The van der Waals surface area contributed by atoms with Crippen LogP contribution in [0.5, 0.6) is 5.75 Å². The summed E-state index contributed by atoms with van der Waals surface area (Å²) < 4.78 is 0. The van der Waals surface area contributed by atoms with Gasteiger partial charge in [0, 0.05) is 15.6 Å². The van der Waals surface area contributed by atoms with Gasteiger partial charge in [-0.25, -0.2) is 0 Å². The molecule has 3 N–H and O–H groups in total. The van der Waals surface area contributed by atoms with Crippen molar-refractivity contribution < 1.29 is 9.90 Å². The maximum Gasteiger partial charge on any atom is 0.257 e. The summed E-state index contributed by atoms with van der Waals surface area (Å²) in [6.45, 7) is 0. The number of hydrogen-bond acceptors (Lipinski definition) is 3. The van der Waals surface area contributed by atoms with Crippen LogP contribution < -0.4 is 10.6 Å². The van der Waals surface area contributed by atoms with Crippen LogP contribution in [0.2, 0.25) is 10.0 Å². The number of anilines is 1. The zero-order valence-corrected chi connectivity index (χ0v) is 12.9. The molecule has 4 nitrogen and oxygen atoms in total. The highest BCUT2D eigenvalue weighted by molar-refractivity contribution is 7.80. The molecule has 2 rings (SSSR count). The summed E-state index contributed by atoms with van der Waals surface area (Å²) in [7, 11) is 0. The molecule has 2 aromatic rings. The first-order valence-electron chi connectivity index (χ1n) is 5.82. The molecule has 0 bridgehead atoms. The number of benzene rings is 2. The third-order valence-electron chi connectivity index (χ3n) is 2.52. The smallest absolute Gasteiger partial charge is 0.257 e. The van der Waals surface area contributed by atoms with E-state index in [1.807, 2.05) is 0 Å². The van der Waals surface area contributed by atoms with Gasteiger partial charge in [0.1, 0.15) is 5.75 Å². The molecule has 0 aromatic heterocycles. The average Bonchev–Trinajstić information content (AvgIpc) is 2.42. The molecule has 2 aromatic carbocycles. The van der Waals surface area contributed by atoms with Crippen molar-refractivity contribution in [1.82, 2.24) is 5.32 Å². The predicted octanol–water partition coefficient (Wildman–Crippen LogP) is 3.83. The Hall–Kier alpha value is -1.82. The molecule has 0 aliphatic rings. The number of thiocarbonyl (C=S) groups is 1. The fraction of sp³-hybridized carbons (Fsp3) is 0. The molecule has 108 valence electrons. The summed E-state index contributed by atoms with van der Waals surface area (Å²) in [4.78, 5) is 12.0. The van der Waals surface area contributed by atoms with Gasteiger partial charge in [-0.3, -0.25) is 10.1 Å². The van der Waals surface area contributed by atoms with E-state index in [0.29, 0.717) is 21.3 Å². The lowest BCUT2D eigenvalue weighted by Gasteiger charge is -2.11. The van der Waals surface area contributed by atoms with Crippen LogP contribution in [-0.4, -0.2) is 16.1 Å². The first kappa shape index (κ1) is 15.6. The molecule has 0 aliphatic carbocycles. The largest absolute Gasteiger partial charge is 0.506 e. The van der Waals surface area contributed by atoms with Crippen molar-refractivity contribution in [3.05, 3.63) is 58.1 Å². The number of carbonyl (C=O) groups excluding carboxylic acids is 1. The van der Waals surface area contributed by atoms with E-state index in [2.05, 4.69) is 10.6 Å². The van der Waals surface area contributed by atoms with Gasteiger partial charge in [-0.2, -0.15) is 0 Å². The maximum absolute atomic E-state index is 12.0. The Morgan fingerprint density at radius 3 is 2.52 bits per heavy atom. The second-order valence-corrected chi connectivity index (χ2v) is 5.36. The predicted molar refractivity (Wildman–Crippen MR) is 88.3 cm³/mol. The summed E-state index contributed by atoms with van der Waals surface area (Å²) in [5, 5.41) is 15.8. The molecule has 0 unspecified atom stereocenters. The van der Waals surface area contributed by atoms with E-state index in [-0.39, 0.29) is 10.9 Å². The molecule has 0 radical (unpaired) electrons. The highest BCUT2D eigenvalue weighted by Crippen LogP contribution is 2.26. The van der Waals surface area contributed by atoms with Crippen molar-refractivity contribution >= 4 is 52.1 Å². The first-order chi connectivity index (χ1) is 9.95. The van der Waals surface area contributed by atoms with E-state index in [0.717, 1.165) is 0 Å². The highest BCUT2D eigenvalue weighted by atomic mass is 35.5. The molecule has 0 heterocycles. The lowest BCUT2D eigenvalue weighted by atomic mass is 10.2. The average molecular weight is 341 g/mol. The van der Waals surface area contributed by atoms with E-state index in [9.17, 15) is 9.90 Å². The van der Waals surface area contributed by atoms with E-state index in [4.69, 9.17) is 35.4 Å². The zero-order valence-electron chi connectivity index (χ0n) is 10.6. The highest BCUT2D eigenvalue weighted by Gasteiger charge is 2.10. The minimum atomic E-state index is -0.406. The minimum absolute atomic E-state index is 0.0289. The zero-order chi connectivity index (χ0) is 15.4. The summed E-state index contributed by atoms with van der Waals surface area (Å²) in [5.41, 5.74) is 0.681. The second kappa shape index (κ2) is 6.76. The van der Waals surface area contributed by atoms with E-state index >= 15 is 0 Å². The third-order valence-corrected chi connectivity index (χ3v) is 3.19. The molecular weight excluding hydrogens is 331 g/mol. The van der Waals surface area contributed by atoms with Gasteiger partial charge in [-0.1, -0.05) is 29.3 Å². The number of phenols is 1. The Labute approximate surface area is 136 Å². The molecule has 1 amide bonds. The Morgan fingerprint density at radius 2 is 1.81 bits per heavy atom. The number of carbonyl (C=O) groups is 1. The Morgan fingerprint density at radius 1 is 1.10 bits per heavy atom. The van der Waals surface area contributed by atoms with Crippen LogP contribution in [0.4, 0.5) is 5.69 Å². The fourth-order valence-electron chi connectivity index (χ4n) is 1.57. The summed E-state index contributed by atoms with van der Waals surface area (Å²) >= 11 is 16.7. The van der Waals surface area contributed by atoms with Gasteiger partial charge in [0.25, 0.3) is 5.91 Å². The van der Waals surface area contributed by atoms with Gasteiger partial charge >= 0.3 is 0 Å². The normalized spacial score (nSPS) is 10.0. The van der Waals surface area contributed by atoms with Gasteiger partial charge in [0.15, 0.2) is 5.11 Å². The molecule has 0 fully saturated rings. The number of amides is 1. The van der Waals surface area contributed by atoms with Crippen molar-refractivity contribution in [2.45, 2.75) is 0 Å². The minimum Gasteiger partial charge on any atom is -0.506 e. The summed E-state index contributed by atoms with van der Waals surface area (Å²) in [6, 6.07) is 10.9. The monoisotopic (exact) mass is 340 g/mol. The van der Waals surface area contributed by atoms with Crippen molar-refractivity contribution in [2.24, 2.45) is 0 Å².